The molecular formula is C53H81N14O8+. The molecule has 0 atom stereocenters. The van der Waals surface area contributed by atoms with E-state index < -0.39 is 0 Å². The van der Waals surface area contributed by atoms with Gasteiger partial charge >= 0.3 is 0 Å². The van der Waals surface area contributed by atoms with Crippen molar-refractivity contribution in [2.75, 3.05) is 65.4 Å². The van der Waals surface area contributed by atoms with Gasteiger partial charge in [0.05, 0.1) is 5.11 Å². The number of rotatable bonds is 20. The number of azide groups is 1. The molecule has 0 unspecified atom stereocenters. The molecule has 22 heteroatoms. The van der Waals surface area contributed by atoms with Crippen LogP contribution < -0.4 is 42.5 Å². The zero-order valence-corrected chi connectivity index (χ0v) is 45.7. The minimum absolute atomic E-state index is 0.0437. The van der Waals surface area contributed by atoms with Gasteiger partial charge in [-0.15, -0.1) is 24.7 Å². The van der Waals surface area contributed by atoms with Gasteiger partial charge in [0.15, 0.2) is 0 Å². The third kappa shape index (κ3) is 16.9. The van der Waals surface area contributed by atoms with Crippen LogP contribution in [0.3, 0.4) is 0 Å². The normalized spacial score (nSPS) is 31.1. The Labute approximate surface area is 441 Å². The van der Waals surface area contributed by atoms with E-state index in [1.54, 1.807) is 20.8 Å². The van der Waals surface area contributed by atoms with Crippen LogP contribution in [0.5, 0.6) is 0 Å². The highest BCUT2D eigenvalue weighted by atomic mass is 16.2. The zero-order chi connectivity index (χ0) is 55.9. The smallest absolute Gasteiger partial charge is 0.265 e. The van der Waals surface area contributed by atoms with E-state index in [1.807, 2.05) is 0 Å². The summed E-state index contributed by atoms with van der Waals surface area (Å²) in [5.74, 6) is 6.45. The first kappa shape index (κ1) is 60.8. The molecule has 75 heavy (non-hydrogen) atoms. The van der Waals surface area contributed by atoms with Crippen molar-refractivity contribution in [3.8, 4) is 24.7 Å². The molecule has 8 N–H and O–H groups in total. The molecule has 9 rings (SSSR count). The first-order valence-electron chi connectivity index (χ1n) is 25.7. The number of hydrogen-bond acceptors (Lipinski definition) is 11. The Balaban J connectivity index is 0.000000295. The third-order valence-electron chi connectivity index (χ3n) is 15.8. The van der Waals surface area contributed by atoms with Gasteiger partial charge in [-0.2, -0.15) is 0 Å². The number of terminal acetylenes is 2. The maximum absolute atomic E-state index is 12.8. The van der Waals surface area contributed by atoms with Crippen molar-refractivity contribution >= 4 is 53.1 Å². The van der Waals surface area contributed by atoms with Crippen molar-refractivity contribution in [1.82, 2.24) is 42.5 Å². The van der Waals surface area contributed by atoms with Crippen molar-refractivity contribution in [3.05, 3.63) is 16.1 Å². The number of carbonyl (C=O) groups excluding carboxylic acids is 8. The zero-order valence-electron chi connectivity index (χ0n) is 45.7. The average Bonchev–Trinajstić information content (AvgIpc) is 3.72. The summed E-state index contributed by atoms with van der Waals surface area (Å²) in [7, 11) is 0. The van der Waals surface area contributed by atoms with E-state index in [9.17, 15) is 38.4 Å². The van der Waals surface area contributed by atoms with E-state index in [2.05, 4.69) is 93.5 Å². The predicted octanol–water partition coefficient (Wildman–Crippen LogP) is 3.23. The summed E-state index contributed by atoms with van der Waals surface area (Å²) < 4.78 is 1.40. The number of amides is 8. The van der Waals surface area contributed by atoms with Crippen molar-refractivity contribution in [1.29, 1.82) is 0 Å². The Morgan fingerprint density at radius 1 is 0.507 bits per heavy atom. The molecule has 410 valence electrons. The molecule has 0 aromatic carbocycles. The largest absolute Gasteiger partial charge is 0.356 e. The summed E-state index contributed by atoms with van der Waals surface area (Å²) in [6.07, 6.45) is 19.6. The lowest BCUT2D eigenvalue weighted by Gasteiger charge is -2.71. The maximum atomic E-state index is 12.8. The summed E-state index contributed by atoms with van der Waals surface area (Å²) in [4.78, 5) is 98.8. The van der Waals surface area contributed by atoms with Crippen LogP contribution in [-0.2, 0) is 38.4 Å². The first-order chi connectivity index (χ1) is 35.1. The molecule has 0 aromatic rings. The van der Waals surface area contributed by atoms with Crippen LogP contribution in [0.4, 0.5) is 0 Å². The molecule has 8 amide bonds. The highest BCUT2D eigenvalue weighted by molar-refractivity contribution is 5.78. The Morgan fingerprint density at radius 3 is 0.933 bits per heavy atom. The quantitative estimate of drug-likeness (QED) is 0.0294. The second-order valence-corrected chi connectivity index (χ2v) is 23.5. The number of hydrogen-bond donors (Lipinski definition) is 8. The van der Waals surface area contributed by atoms with Crippen molar-refractivity contribution < 1.29 is 43.0 Å². The van der Waals surface area contributed by atoms with Crippen LogP contribution >= 0.6 is 0 Å². The van der Waals surface area contributed by atoms with Gasteiger partial charge in [-0.1, -0.05) is 9.80 Å². The molecule has 0 aromatic heterocycles. The van der Waals surface area contributed by atoms with Gasteiger partial charge in [0.2, 0.25) is 47.9 Å². The molecule has 22 nitrogen and oxygen atoms in total. The Kier molecular flexibility index (Phi) is 20.4. The van der Waals surface area contributed by atoms with Crippen LogP contribution in [0.15, 0.2) is 21.1 Å². The SMILES string of the molecule is C#CC.C#CC.CC(=O)NCC12CC3(CNC(C)=O)CC(CNC(C)=O)(C1)CC(CNC(=O)CN=[N+]=[N-])(C2)C3.CC(=O)NCC12CC3(CNC(C)=O)CC(CNC(C)=O)(C1)CC(CNC(=O)C[N+]1=C=C(C)N=N1)(C2)C3. The third-order valence-corrected chi connectivity index (χ3v) is 15.8. The molecular weight excluding hydrogens is 961 g/mol. The molecule has 0 spiro atoms. The maximum Gasteiger partial charge on any atom is 0.265 e. The van der Waals surface area contributed by atoms with Crippen LogP contribution in [0.1, 0.15) is 139 Å². The summed E-state index contributed by atoms with van der Waals surface area (Å²) >= 11 is 0. The van der Waals surface area contributed by atoms with Gasteiger partial charge in [-0.3, -0.25) is 38.4 Å². The molecule has 0 radical (unpaired) electrons. The monoisotopic (exact) mass is 1040 g/mol. The summed E-state index contributed by atoms with van der Waals surface area (Å²) in [5.41, 5.74) is 7.62. The number of nitrogens with zero attached hydrogens (tertiary/aromatic N) is 6. The lowest BCUT2D eigenvalue weighted by atomic mass is 9.35. The van der Waals surface area contributed by atoms with E-state index in [1.165, 1.54) is 46.2 Å². The van der Waals surface area contributed by atoms with Gasteiger partial charge in [0, 0.05) is 106 Å². The highest BCUT2D eigenvalue weighted by Crippen LogP contribution is 2.74. The fraction of sp³-hybridized carbons (Fsp3) is 0.736. The highest BCUT2D eigenvalue weighted by Gasteiger charge is 2.69. The average molecular weight is 1040 g/mol. The van der Waals surface area contributed by atoms with E-state index >= 15 is 0 Å². The summed E-state index contributed by atoms with van der Waals surface area (Å²) in [5, 5.41) is 35.5. The molecule has 9 aliphatic rings. The van der Waals surface area contributed by atoms with Crippen LogP contribution in [0, 0.1) is 68.0 Å². The van der Waals surface area contributed by atoms with Gasteiger partial charge in [0.1, 0.15) is 17.6 Å². The van der Waals surface area contributed by atoms with Crippen molar-refractivity contribution in [2.45, 2.75) is 139 Å². The molecule has 8 bridgehead atoms. The Hall–Kier alpha value is -6.76. The van der Waals surface area contributed by atoms with Crippen LogP contribution in [-0.4, -0.2) is 123 Å². The van der Waals surface area contributed by atoms with Gasteiger partial charge < -0.3 is 42.5 Å². The van der Waals surface area contributed by atoms with E-state index in [4.69, 9.17) is 5.53 Å². The van der Waals surface area contributed by atoms with Gasteiger partial charge in [-0.25, -0.2) is 0 Å². The Bertz CT molecular complexity index is 2260. The van der Waals surface area contributed by atoms with E-state index in [0.29, 0.717) is 58.1 Å². The summed E-state index contributed by atoms with van der Waals surface area (Å²) in [6, 6.07) is 0. The molecule has 8 saturated carbocycles. The van der Waals surface area contributed by atoms with Gasteiger partial charge in [0.25, 0.3) is 11.6 Å². The molecule has 8 fully saturated rings. The first-order valence-corrected chi connectivity index (χ1v) is 25.7. The fourth-order valence-electron chi connectivity index (χ4n) is 15.8. The van der Waals surface area contributed by atoms with Crippen molar-refractivity contribution in [2.24, 2.45) is 58.8 Å². The fourth-order valence-corrected chi connectivity index (χ4v) is 15.8. The number of nitrogens with one attached hydrogen (secondary N) is 8. The van der Waals surface area contributed by atoms with Crippen LogP contribution in [0.25, 0.3) is 10.4 Å². The minimum Gasteiger partial charge on any atom is -0.356 e. The molecule has 0 saturated heterocycles. The topological polar surface area (TPSA) is 309 Å². The number of allylic oxidation sites excluding steroid dienone is 1. The lowest BCUT2D eigenvalue weighted by Crippen LogP contribution is -2.68. The van der Waals surface area contributed by atoms with Gasteiger partial charge in [-0.05, 0) is 140 Å². The summed E-state index contributed by atoms with van der Waals surface area (Å²) in [6.45, 7) is 18.1. The van der Waals surface area contributed by atoms with Crippen molar-refractivity contribution in [3.63, 3.8) is 0 Å². The van der Waals surface area contributed by atoms with Crippen LogP contribution in [0.2, 0.25) is 0 Å². The number of carbonyl (C=O) groups is 8. The second kappa shape index (κ2) is 25.2. The lowest BCUT2D eigenvalue weighted by molar-refractivity contribution is -0.520. The Morgan fingerprint density at radius 2 is 0.733 bits per heavy atom. The predicted molar refractivity (Wildman–Crippen MR) is 280 cm³/mol. The molecule has 8 aliphatic carbocycles. The molecule has 1 heterocycles. The van der Waals surface area contributed by atoms with E-state index in [-0.39, 0.29) is 104 Å². The standard InChI is InChI=1S/C25H37N7O4.C22H35N7O4.2C3H4/c1-17-5-32(31-30-17)6-21(36)29-16-25-10-22(13-26-18(2)33)7-23(11-25,14-27-19(3)34)9-24(8-22,12-25)15-28-20(4)35;1-15(30)24-11-19-5-20(12-25-16(2)31)7-21(6-19,13-26-17(3)32)10-22(8-19,9-20)14-27-18(33)4-28-29-23;2*1-3-2/h6-16H2,1-4H3,(H3-,26,27,28,29,33,34,35,36);4-14H2,1-3H3,(H,24,30)(H,25,31)(H,26,32)(H,27,33);2*1H,2H3/p+1. The second-order valence-electron chi connectivity index (χ2n) is 23.5. The molecule has 1 aliphatic heterocycles. The van der Waals surface area contributed by atoms with E-state index in [0.717, 1.165) is 77.0 Å². The minimum atomic E-state index is -0.328.